The van der Waals surface area contributed by atoms with Crippen LogP contribution in [0.3, 0.4) is 0 Å². The average molecular weight is 262 g/mol. The Hall–Kier alpha value is -1.51. The molecule has 1 aromatic carbocycles. The SMILES string of the molecule is Cc1cc(O)c(C)c(C)c1C1(C(=O)O)CCCCC1. The van der Waals surface area contributed by atoms with Gasteiger partial charge in [0.05, 0.1) is 5.41 Å². The highest BCUT2D eigenvalue weighted by Gasteiger charge is 2.43. The lowest BCUT2D eigenvalue weighted by atomic mass is 9.66. The fourth-order valence-electron chi connectivity index (χ4n) is 3.52. The molecule has 1 saturated carbocycles. The van der Waals surface area contributed by atoms with Crippen LogP contribution in [0, 0.1) is 20.8 Å². The van der Waals surface area contributed by atoms with Gasteiger partial charge in [0, 0.05) is 0 Å². The summed E-state index contributed by atoms with van der Waals surface area (Å²) in [6.45, 7) is 5.68. The second kappa shape index (κ2) is 4.87. The number of aromatic hydroxyl groups is 1. The van der Waals surface area contributed by atoms with Gasteiger partial charge in [-0.2, -0.15) is 0 Å². The molecule has 0 spiro atoms. The van der Waals surface area contributed by atoms with E-state index in [0.717, 1.165) is 41.5 Å². The van der Waals surface area contributed by atoms with Gasteiger partial charge in [0.2, 0.25) is 0 Å². The van der Waals surface area contributed by atoms with Crippen LogP contribution in [0.1, 0.15) is 54.4 Å². The Morgan fingerprint density at radius 3 is 2.21 bits per heavy atom. The summed E-state index contributed by atoms with van der Waals surface area (Å²) in [4.78, 5) is 11.9. The average Bonchev–Trinajstić information content (AvgIpc) is 2.37. The highest BCUT2D eigenvalue weighted by atomic mass is 16.4. The van der Waals surface area contributed by atoms with E-state index in [-0.39, 0.29) is 5.75 Å². The van der Waals surface area contributed by atoms with Crippen LogP contribution in [0.15, 0.2) is 6.07 Å². The number of aliphatic carboxylic acids is 1. The summed E-state index contributed by atoms with van der Waals surface area (Å²) in [5.41, 5.74) is 2.79. The van der Waals surface area contributed by atoms with Gasteiger partial charge in [0.1, 0.15) is 5.75 Å². The van der Waals surface area contributed by atoms with E-state index in [1.807, 2.05) is 20.8 Å². The van der Waals surface area contributed by atoms with Crippen molar-refractivity contribution in [2.45, 2.75) is 58.3 Å². The third-order valence-corrected chi connectivity index (χ3v) is 4.66. The molecule has 0 heterocycles. The summed E-state index contributed by atoms with van der Waals surface area (Å²) >= 11 is 0. The van der Waals surface area contributed by atoms with Crippen LogP contribution in [0.4, 0.5) is 0 Å². The van der Waals surface area contributed by atoms with Crippen molar-refractivity contribution in [3.63, 3.8) is 0 Å². The first-order valence-electron chi connectivity index (χ1n) is 6.94. The van der Waals surface area contributed by atoms with Crippen molar-refractivity contribution in [3.05, 3.63) is 28.3 Å². The van der Waals surface area contributed by atoms with Crippen LogP contribution in [-0.4, -0.2) is 16.2 Å². The Labute approximate surface area is 114 Å². The Balaban J connectivity index is 2.67. The van der Waals surface area contributed by atoms with Crippen molar-refractivity contribution in [3.8, 4) is 5.75 Å². The first-order valence-corrected chi connectivity index (χ1v) is 6.94. The zero-order chi connectivity index (χ0) is 14.2. The van der Waals surface area contributed by atoms with Gasteiger partial charge in [0.25, 0.3) is 0 Å². The van der Waals surface area contributed by atoms with Gasteiger partial charge in [-0.05, 0) is 61.9 Å². The number of benzene rings is 1. The predicted octanol–water partition coefficient (Wildman–Crippen LogP) is 3.60. The topological polar surface area (TPSA) is 57.5 Å². The van der Waals surface area contributed by atoms with Gasteiger partial charge < -0.3 is 10.2 Å². The molecule has 2 rings (SSSR count). The van der Waals surface area contributed by atoms with E-state index >= 15 is 0 Å². The highest BCUT2D eigenvalue weighted by Crippen LogP contribution is 2.44. The van der Waals surface area contributed by atoms with Crippen molar-refractivity contribution >= 4 is 5.97 Å². The van der Waals surface area contributed by atoms with Crippen molar-refractivity contribution in [1.82, 2.24) is 0 Å². The van der Waals surface area contributed by atoms with Gasteiger partial charge in [-0.1, -0.05) is 19.3 Å². The third kappa shape index (κ3) is 2.11. The number of phenolic OH excluding ortho intramolecular Hbond substituents is 1. The molecule has 1 fully saturated rings. The number of phenols is 1. The molecule has 0 aromatic heterocycles. The van der Waals surface area contributed by atoms with Gasteiger partial charge in [-0.3, -0.25) is 4.79 Å². The van der Waals surface area contributed by atoms with E-state index < -0.39 is 11.4 Å². The number of aryl methyl sites for hydroxylation is 1. The first-order chi connectivity index (χ1) is 8.90. The van der Waals surface area contributed by atoms with Gasteiger partial charge in [0.15, 0.2) is 0 Å². The number of carboxylic acids is 1. The van der Waals surface area contributed by atoms with Crippen LogP contribution in [-0.2, 0) is 10.2 Å². The lowest BCUT2D eigenvalue weighted by Crippen LogP contribution is -2.39. The minimum atomic E-state index is -0.759. The molecular weight excluding hydrogens is 240 g/mol. The molecule has 0 amide bonds. The number of hydrogen-bond acceptors (Lipinski definition) is 2. The fraction of sp³-hybridized carbons (Fsp3) is 0.562. The Kier molecular flexibility index (Phi) is 3.57. The number of carbonyl (C=O) groups is 1. The molecule has 19 heavy (non-hydrogen) atoms. The first kappa shape index (κ1) is 13.9. The zero-order valence-corrected chi connectivity index (χ0v) is 11.9. The molecule has 104 valence electrons. The minimum Gasteiger partial charge on any atom is -0.508 e. The summed E-state index contributed by atoms with van der Waals surface area (Å²) in [6, 6.07) is 1.71. The molecule has 0 aliphatic heterocycles. The molecule has 0 atom stereocenters. The number of rotatable bonds is 2. The molecule has 1 aliphatic rings. The lowest BCUT2D eigenvalue weighted by Gasteiger charge is -2.36. The number of hydrogen-bond donors (Lipinski definition) is 2. The second-order valence-electron chi connectivity index (χ2n) is 5.79. The standard InChI is InChI=1S/C16H22O3/c1-10-9-13(17)11(2)12(3)14(10)16(15(18)19)7-5-4-6-8-16/h9,17H,4-8H2,1-3H3,(H,18,19). The molecule has 0 radical (unpaired) electrons. The smallest absolute Gasteiger partial charge is 0.314 e. The van der Waals surface area contributed by atoms with Crippen molar-refractivity contribution < 1.29 is 15.0 Å². The molecule has 1 aliphatic carbocycles. The van der Waals surface area contributed by atoms with Gasteiger partial charge in [-0.15, -0.1) is 0 Å². The minimum absolute atomic E-state index is 0.259. The fourth-order valence-corrected chi connectivity index (χ4v) is 3.52. The van der Waals surface area contributed by atoms with Crippen LogP contribution in [0.25, 0.3) is 0 Å². The largest absolute Gasteiger partial charge is 0.508 e. The van der Waals surface area contributed by atoms with Crippen LogP contribution >= 0.6 is 0 Å². The maximum atomic E-state index is 11.9. The van der Waals surface area contributed by atoms with E-state index in [9.17, 15) is 15.0 Å². The number of carboxylic acid groups (broad SMARTS) is 1. The quantitative estimate of drug-likeness (QED) is 0.856. The van der Waals surface area contributed by atoms with Gasteiger partial charge in [-0.25, -0.2) is 0 Å². The van der Waals surface area contributed by atoms with Crippen LogP contribution in [0.5, 0.6) is 5.75 Å². The summed E-state index contributed by atoms with van der Waals surface area (Å²) in [5.74, 6) is -0.460. The second-order valence-corrected chi connectivity index (χ2v) is 5.79. The molecule has 0 bridgehead atoms. The molecule has 2 N–H and O–H groups in total. The van der Waals surface area contributed by atoms with Crippen molar-refractivity contribution in [1.29, 1.82) is 0 Å². The predicted molar refractivity (Wildman–Crippen MR) is 74.7 cm³/mol. The zero-order valence-electron chi connectivity index (χ0n) is 11.9. The summed E-state index contributed by atoms with van der Waals surface area (Å²) in [6.07, 6.45) is 4.45. The summed E-state index contributed by atoms with van der Waals surface area (Å²) < 4.78 is 0. The van der Waals surface area contributed by atoms with E-state index in [0.29, 0.717) is 12.8 Å². The molecule has 3 nitrogen and oxygen atoms in total. The lowest BCUT2D eigenvalue weighted by molar-refractivity contribution is -0.145. The highest BCUT2D eigenvalue weighted by molar-refractivity contribution is 5.83. The monoisotopic (exact) mass is 262 g/mol. The Morgan fingerprint density at radius 1 is 1.11 bits per heavy atom. The maximum absolute atomic E-state index is 11.9. The third-order valence-electron chi connectivity index (χ3n) is 4.66. The Morgan fingerprint density at radius 2 is 1.68 bits per heavy atom. The molecule has 0 unspecified atom stereocenters. The molecular formula is C16H22O3. The molecule has 0 saturated heterocycles. The van der Waals surface area contributed by atoms with E-state index in [4.69, 9.17) is 0 Å². The normalized spacial score (nSPS) is 18.3. The van der Waals surface area contributed by atoms with Gasteiger partial charge >= 0.3 is 5.97 Å². The maximum Gasteiger partial charge on any atom is 0.314 e. The van der Waals surface area contributed by atoms with E-state index in [1.165, 1.54) is 0 Å². The van der Waals surface area contributed by atoms with Crippen LogP contribution < -0.4 is 0 Å². The van der Waals surface area contributed by atoms with Crippen LogP contribution in [0.2, 0.25) is 0 Å². The Bertz CT molecular complexity index is 511. The summed E-state index contributed by atoms with van der Waals surface area (Å²) in [7, 11) is 0. The van der Waals surface area contributed by atoms with E-state index in [1.54, 1.807) is 6.07 Å². The molecule has 1 aromatic rings. The van der Waals surface area contributed by atoms with E-state index in [2.05, 4.69) is 0 Å². The summed E-state index contributed by atoms with van der Waals surface area (Å²) in [5, 5.41) is 19.7. The van der Waals surface area contributed by atoms with Crippen molar-refractivity contribution in [2.75, 3.05) is 0 Å². The molecule has 3 heteroatoms. The van der Waals surface area contributed by atoms with Crippen molar-refractivity contribution in [2.24, 2.45) is 0 Å².